The topological polar surface area (TPSA) is 170 Å². The molecule has 1 aromatic heterocycles. The average Bonchev–Trinajstić information content (AvgIpc) is 3.59. The molecule has 14 heteroatoms. The third-order valence-electron chi connectivity index (χ3n) is 9.15. The van der Waals surface area contributed by atoms with E-state index >= 15 is 0 Å². The Hall–Kier alpha value is -3.91. The third kappa shape index (κ3) is 13.9. The number of aromatic nitrogens is 1. The zero-order valence-corrected chi connectivity index (χ0v) is 32.9. The fraction of sp³-hybridized carbons (Fsp3) is 0.632. The number of nitrogens with two attached hydrogens (primary N) is 1. The molecule has 0 aliphatic heterocycles. The van der Waals surface area contributed by atoms with Crippen LogP contribution in [-0.2, 0) is 35.1 Å². The molecule has 1 heterocycles. The number of thiazole rings is 1. The number of likely N-dealkylation sites (N-methyl/N-ethyl adjacent to an activating group) is 1. The molecule has 3 amide bonds. The second-order valence-corrected chi connectivity index (χ2v) is 15.1. The van der Waals surface area contributed by atoms with Crippen LogP contribution in [0.15, 0.2) is 29.6 Å². The highest BCUT2D eigenvalue weighted by atomic mass is 32.1. The van der Waals surface area contributed by atoms with Crippen LogP contribution in [0.3, 0.4) is 0 Å². The Morgan fingerprint density at radius 2 is 1.60 bits per heavy atom. The summed E-state index contributed by atoms with van der Waals surface area (Å²) in [7, 11) is 2.98. The van der Waals surface area contributed by atoms with E-state index in [0.717, 1.165) is 29.7 Å². The monoisotopic (exact) mass is 747 g/mol. The smallest absolute Gasteiger partial charge is 0.308 e. The van der Waals surface area contributed by atoms with E-state index in [2.05, 4.69) is 15.6 Å². The number of halogens is 1. The van der Waals surface area contributed by atoms with Gasteiger partial charge in [0.2, 0.25) is 11.8 Å². The van der Waals surface area contributed by atoms with Gasteiger partial charge in [0.1, 0.15) is 22.6 Å². The molecule has 0 bridgehead atoms. The van der Waals surface area contributed by atoms with Crippen molar-refractivity contribution in [2.75, 3.05) is 20.7 Å². The molecule has 12 nitrogen and oxygen atoms in total. The van der Waals surface area contributed by atoms with Gasteiger partial charge >= 0.3 is 11.9 Å². The maximum Gasteiger partial charge on any atom is 0.308 e. The van der Waals surface area contributed by atoms with Crippen molar-refractivity contribution in [3.05, 3.63) is 51.7 Å². The lowest BCUT2D eigenvalue weighted by atomic mass is 9.94. The van der Waals surface area contributed by atoms with Gasteiger partial charge in [0.15, 0.2) is 6.10 Å². The molecular weight excluding hydrogens is 690 g/mol. The van der Waals surface area contributed by atoms with E-state index in [1.165, 1.54) is 26.2 Å². The molecule has 0 saturated heterocycles. The molecule has 1 aromatic carbocycles. The van der Waals surface area contributed by atoms with E-state index in [4.69, 9.17) is 15.2 Å². The first-order valence-electron chi connectivity index (χ1n) is 18.0. The van der Waals surface area contributed by atoms with Crippen LogP contribution in [0.5, 0.6) is 0 Å². The van der Waals surface area contributed by atoms with Crippen LogP contribution in [0.2, 0.25) is 0 Å². The van der Waals surface area contributed by atoms with E-state index in [1.807, 2.05) is 34.6 Å². The van der Waals surface area contributed by atoms with E-state index in [-0.39, 0.29) is 53.9 Å². The fourth-order valence-corrected chi connectivity index (χ4v) is 6.88. The first-order valence-corrected chi connectivity index (χ1v) is 18.9. The van der Waals surface area contributed by atoms with Gasteiger partial charge in [-0.05, 0) is 61.8 Å². The standard InChI is InChI=1S/C38H58FN5O7S/c1-22(2)31(44(8)37(48)33(23(3)4)43-34(46)24(5)12-10-11-17-40)20-32(51-26(7)45)36-42-30(21-52-36)35(47)41-29(18-25(6)38(49)50-9)19-27-13-15-28(39)16-14-27/h13-16,21-25,29,31-33H,10-12,17-20,40H2,1-9H3,(H,41,47)(H,43,46)/t24-,25+,29-,31-,32-,33+/m1/s1. The Bertz CT molecular complexity index is 1470. The summed E-state index contributed by atoms with van der Waals surface area (Å²) >= 11 is 1.15. The molecular formula is C38H58FN5O7S. The lowest BCUT2D eigenvalue weighted by Gasteiger charge is -2.36. The van der Waals surface area contributed by atoms with Crippen LogP contribution in [0.4, 0.5) is 4.39 Å². The molecule has 52 heavy (non-hydrogen) atoms. The normalized spacial score (nSPS) is 14.9. The summed E-state index contributed by atoms with van der Waals surface area (Å²) in [6, 6.07) is 4.23. The van der Waals surface area contributed by atoms with Crippen molar-refractivity contribution in [2.24, 2.45) is 29.4 Å². The first kappa shape index (κ1) is 44.3. The van der Waals surface area contributed by atoms with Crippen molar-refractivity contribution in [3.8, 4) is 0 Å². The van der Waals surface area contributed by atoms with Crippen LogP contribution in [-0.4, -0.2) is 78.4 Å². The number of hydrogen-bond acceptors (Lipinski definition) is 10. The maximum atomic E-state index is 13.9. The lowest BCUT2D eigenvalue weighted by Crippen LogP contribution is -2.54. The number of methoxy groups -OCH3 is 1. The summed E-state index contributed by atoms with van der Waals surface area (Å²) in [5.41, 5.74) is 6.47. The third-order valence-corrected chi connectivity index (χ3v) is 10.1. The van der Waals surface area contributed by atoms with Gasteiger partial charge in [0, 0.05) is 43.8 Å². The number of amides is 3. The zero-order valence-electron chi connectivity index (χ0n) is 32.1. The molecule has 2 rings (SSSR count). The largest absolute Gasteiger partial charge is 0.469 e. The maximum absolute atomic E-state index is 13.9. The number of rotatable bonds is 21. The summed E-state index contributed by atoms with van der Waals surface area (Å²) in [5, 5.41) is 7.86. The summed E-state index contributed by atoms with van der Waals surface area (Å²) in [6.45, 7) is 13.1. The van der Waals surface area contributed by atoms with Gasteiger partial charge in [-0.3, -0.25) is 24.0 Å². The number of carbonyl (C=O) groups is 5. The average molecular weight is 748 g/mol. The Morgan fingerprint density at radius 3 is 2.15 bits per heavy atom. The number of carbonyl (C=O) groups excluding carboxylic acids is 5. The van der Waals surface area contributed by atoms with Crippen LogP contribution in [0.25, 0.3) is 0 Å². The van der Waals surface area contributed by atoms with Crippen LogP contribution < -0.4 is 16.4 Å². The fourth-order valence-electron chi connectivity index (χ4n) is 6.04. The zero-order chi connectivity index (χ0) is 39.1. The Morgan fingerprint density at radius 1 is 0.942 bits per heavy atom. The number of unbranched alkanes of at least 4 members (excludes halogenated alkanes) is 1. The molecule has 0 saturated carbocycles. The number of esters is 2. The number of hydrogen-bond donors (Lipinski definition) is 3. The van der Waals surface area contributed by atoms with Crippen molar-refractivity contribution in [3.63, 3.8) is 0 Å². The van der Waals surface area contributed by atoms with Crippen molar-refractivity contribution < 1.29 is 37.8 Å². The highest BCUT2D eigenvalue weighted by molar-refractivity contribution is 7.09. The van der Waals surface area contributed by atoms with E-state index < -0.39 is 48.0 Å². The van der Waals surface area contributed by atoms with Gasteiger partial charge in [-0.15, -0.1) is 11.3 Å². The SMILES string of the molecule is COC(=O)[C@@H](C)C[C@H](Cc1ccc(F)cc1)NC(=O)c1csc([C@@H](C[C@H](C(C)C)N(C)C(=O)[C@@H](NC(=O)[C@H](C)CCCCN)C(C)C)OC(C)=O)n1. The van der Waals surface area contributed by atoms with Gasteiger partial charge in [-0.1, -0.05) is 60.1 Å². The van der Waals surface area contributed by atoms with Crippen molar-refractivity contribution in [1.82, 2.24) is 20.5 Å². The number of ether oxygens (including phenoxy) is 2. The Labute approximate surface area is 311 Å². The highest BCUT2D eigenvalue weighted by Crippen LogP contribution is 2.31. The predicted molar refractivity (Wildman–Crippen MR) is 199 cm³/mol. The van der Waals surface area contributed by atoms with Gasteiger partial charge in [0.25, 0.3) is 5.91 Å². The van der Waals surface area contributed by atoms with Gasteiger partial charge < -0.3 is 30.7 Å². The van der Waals surface area contributed by atoms with Crippen LogP contribution in [0, 0.1) is 29.5 Å². The molecule has 0 fully saturated rings. The van der Waals surface area contributed by atoms with E-state index in [1.54, 1.807) is 36.4 Å². The minimum Gasteiger partial charge on any atom is -0.469 e. The second-order valence-electron chi connectivity index (χ2n) is 14.2. The van der Waals surface area contributed by atoms with Crippen molar-refractivity contribution >= 4 is 41.0 Å². The van der Waals surface area contributed by atoms with Crippen LogP contribution in [0.1, 0.15) is 108 Å². The quantitative estimate of drug-likeness (QED) is 0.115. The Balaban J connectivity index is 2.29. The van der Waals surface area contributed by atoms with Gasteiger partial charge in [-0.2, -0.15) is 0 Å². The van der Waals surface area contributed by atoms with E-state index in [9.17, 15) is 28.4 Å². The molecule has 0 aliphatic carbocycles. The number of nitrogens with zero attached hydrogens (tertiary/aromatic N) is 2. The predicted octanol–water partition coefficient (Wildman–Crippen LogP) is 5.21. The molecule has 0 unspecified atom stereocenters. The summed E-state index contributed by atoms with van der Waals surface area (Å²) in [6.07, 6.45) is 2.26. The van der Waals surface area contributed by atoms with Crippen molar-refractivity contribution in [1.29, 1.82) is 0 Å². The Kier molecular flexibility index (Phi) is 18.4. The minimum absolute atomic E-state index is 0.0718. The van der Waals surface area contributed by atoms with Crippen molar-refractivity contribution in [2.45, 2.75) is 111 Å². The number of benzene rings is 1. The highest BCUT2D eigenvalue weighted by Gasteiger charge is 2.35. The molecule has 0 spiro atoms. The minimum atomic E-state index is -0.865. The second kappa shape index (κ2) is 21.6. The first-order chi connectivity index (χ1) is 24.5. The molecule has 0 aliphatic rings. The van der Waals surface area contributed by atoms with Gasteiger partial charge in [0.05, 0.1) is 13.0 Å². The molecule has 2 aromatic rings. The van der Waals surface area contributed by atoms with Gasteiger partial charge in [-0.25, -0.2) is 9.37 Å². The molecule has 0 radical (unpaired) electrons. The molecule has 4 N–H and O–H groups in total. The summed E-state index contributed by atoms with van der Waals surface area (Å²) in [5.74, 6) is -3.34. The summed E-state index contributed by atoms with van der Waals surface area (Å²) < 4.78 is 24.2. The number of nitrogens with one attached hydrogen (secondary N) is 2. The molecule has 290 valence electrons. The van der Waals surface area contributed by atoms with E-state index in [0.29, 0.717) is 24.4 Å². The summed E-state index contributed by atoms with van der Waals surface area (Å²) in [4.78, 5) is 71.2. The lowest BCUT2D eigenvalue weighted by molar-refractivity contribution is -0.149. The van der Waals surface area contributed by atoms with Crippen LogP contribution >= 0.6 is 11.3 Å². The molecule has 6 atom stereocenters.